The Bertz CT molecular complexity index is 605. The van der Waals surface area contributed by atoms with Crippen LogP contribution < -0.4 is 10.1 Å². The van der Waals surface area contributed by atoms with E-state index in [4.69, 9.17) is 4.74 Å². The number of ether oxygens (including phenoxy) is 1. The van der Waals surface area contributed by atoms with Crippen LogP contribution in [0.2, 0.25) is 0 Å². The summed E-state index contributed by atoms with van der Waals surface area (Å²) in [6.45, 7) is 5.58. The van der Waals surface area contributed by atoms with Crippen LogP contribution in [-0.2, 0) is 20.1 Å². The first-order chi connectivity index (χ1) is 9.52. The molecule has 1 aromatic heterocycles. The lowest BCUT2D eigenvalue weighted by Crippen LogP contribution is -2.14. The van der Waals surface area contributed by atoms with E-state index in [0.717, 1.165) is 17.8 Å². The van der Waals surface area contributed by atoms with E-state index >= 15 is 0 Å². The highest BCUT2D eigenvalue weighted by atomic mass is 16.5. The molecule has 1 aromatic carbocycles. The Morgan fingerprint density at radius 2 is 2.05 bits per heavy atom. The Labute approximate surface area is 119 Å². The topological polar surface area (TPSA) is 59.3 Å². The molecule has 0 fully saturated rings. The number of phenolic OH excluding ortho intramolecular Hbond substituents is 1. The van der Waals surface area contributed by atoms with Gasteiger partial charge in [-0.05, 0) is 31.5 Å². The number of hydrogen-bond donors (Lipinski definition) is 2. The molecule has 0 aliphatic heterocycles. The fourth-order valence-corrected chi connectivity index (χ4v) is 2.24. The highest BCUT2D eigenvalue weighted by Gasteiger charge is 2.09. The van der Waals surface area contributed by atoms with Gasteiger partial charge in [-0.15, -0.1) is 0 Å². The van der Waals surface area contributed by atoms with Crippen molar-refractivity contribution in [3.63, 3.8) is 0 Å². The van der Waals surface area contributed by atoms with Gasteiger partial charge in [-0.3, -0.25) is 4.68 Å². The van der Waals surface area contributed by atoms with Crippen LogP contribution in [0.15, 0.2) is 18.2 Å². The van der Waals surface area contributed by atoms with E-state index in [1.165, 1.54) is 11.3 Å². The molecule has 0 unspecified atom stereocenters. The number of methoxy groups -OCH3 is 1. The summed E-state index contributed by atoms with van der Waals surface area (Å²) in [6.07, 6.45) is 0. The van der Waals surface area contributed by atoms with Crippen molar-refractivity contribution in [3.05, 3.63) is 40.7 Å². The highest BCUT2D eigenvalue weighted by Crippen LogP contribution is 2.26. The van der Waals surface area contributed by atoms with Gasteiger partial charge in [0.25, 0.3) is 0 Å². The Balaban J connectivity index is 1.99. The summed E-state index contributed by atoms with van der Waals surface area (Å²) in [5.41, 5.74) is 4.54. The molecule has 0 saturated heterocycles. The van der Waals surface area contributed by atoms with Gasteiger partial charge in [0.15, 0.2) is 11.5 Å². The molecule has 0 aliphatic carbocycles. The average molecular weight is 275 g/mol. The zero-order valence-corrected chi connectivity index (χ0v) is 12.4. The molecule has 5 heteroatoms. The van der Waals surface area contributed by atoms with Gasteiger partial charge >= 0.3 is 0 Å². The maximum absolute atomic E-state index is 9.56. The third-order valence-corrected chi connectivity index (χ3v) is 3.53. The number of hydrogen-bond acceptors (Lipinski definition) is 4. The molecule has 2 rings (SSSR count). The van der Waals surface area contributed by atoms with Crippen LogP contribution >= 0.6 is 0 Å². The van der Waals surface area contributed by atoms with E-state index in [1.54, 1.807) is 13.2 Å². The zero-order valence-electron chi connectivity index (χ0n) is 12.4. The predicted molar refractivity (Wildman–Crippen MR) is 77.9 cm³/mol. The largest absolute Gasteiger partial charge is 0.504 e. The quantitative estimate of drug-likeness (QED) is 0.876. The molecule has 1 heterocycles. The number of rotatable bonds is 5. The monoisotopic (exact) mass is 275 g/mol. The maximum Gasteiger partial charge on any atom is 0.160 e. The molecule has 2 N–H and O–H groups in total. The molecule has 108 valence electrons. The lowest BCUT2D eigenvalue weighted by molar-refractivity contribution is 0.373. The minimum Gasteiger partial charge on any atom is -0.504 e. The van der Waals surface area contributed by atoms with Crippen LogP contribution in [0.5, 0.6) is 11.5 Å². The maximum atomic E-state index is 9.56. The van der Waals surface area contributed by atoms with Gasteiger partial charge in [-0.2, -0.15) is 5.10 Å². The number of aromatic nitrogens is 2. The molecule has 2 aromatic rings. The number of nitrogens with zero attached hydrogens (tertiary/aromatic N) is 2. The summed E-state index contributed by atoms with van der Waals surface area (Å²) in [7, 11) is 3.51. The van der Waals surface area contributed by atoms with E-state index in [9.17, 15) is 5.11 Å². The lowest BCUT2D eigenvalue weighted by atomic mass is 10.1. The van der Waals surface area contributed by atoms with Crippen molar-refractivity contribution in [2.24, 2.45) is 7.05 Å². The third kappa shape index (κ3) is 2.93. The fourth-order valence-electron chi connectivity index (χ4n) is 2.24. The van der Waals surface area contributed by atoms with Crippen LogP contribution in [0.25, 0.3) is 0 Å². The van der Waals surface area contributed by atoms with E-state index in [2.05, 4.69) is 17.3 Å². The second-order valence-corrected chi connectivity index (χ2v) is 4.88. The number of benzene rings is 1. The van der Waals surface area contributed by atoms with E-state index in [0.29, 0.717) is 12.3 Å². The Hall–Kier alpha value is -2.01. The van der Waals surface area contributed by atoms with Gasteiger partial charge in [0.2, 0.25) is 0 Å². The van der Waals surface area contributed by atoms with Crippen molar-refractivity contribution < 1.29 is 9.84 Å². The lowest BCUT2D eigenvalue weighted by Gasteiger charge is -2.08. The molecule has 0 atom stereocenters. The number of nitrogens with one attached hydrogen (secondary N) is 1. The minimum absolute atomic E-state index is 0.162. The van der Waals surface area contributed by atoms with Gasteiger partial charge in [0, 0.05) is 31.4 Å². The molecule has 20 heavy (non-hydrogen) atoms. The first kappa shape index (κ1) is 14.4. The molecule has 5 nitrogen and oxygen atoms in total. The van der Waals surface area contributed by atoms with Crippen LogP contribution in [0, 0.1) is 13.8 Å². The SMILES string of the molecule is COc1cc(CNCc2c(C)nn(C)c2C)ccc1O. The van der Waals surface area contributed by atoms with E-state index in [1.807, 2.05) is 30.8 Å². The summed E-state index contributed by atoms with van der Waals surface area (Å²) in [5, 5.41) is 17.3. The second-order valence-electron chi connectivity index (χ2n) is 4.88. The Kier molecular flexibility index (Phi) is 4.29. The number of aryl methyl sites for hydroxylation is 2. The van der Waals surface area contributed by atoms with Crippen LogP contribution in [0.3, 0.4) is 0 Å². The minimum atomic E-state index is 0.162. The highest BCUT2D eigenvalue weighted by molar-refractivity contribution is 5.41. The third-order valence-electron chi connectivity index (χ3n) is 3.53. The summed E-state index contributed by atoms with van der Waals surface area (Å²) in [5.74, 6) is 0.660. The van der Waals surface area contributed by atoms with Crippen molar-refractivity contribution in [2.45, 2.75) is 26.9 Å². The zero-order chi connectivity index (χ0) is 14.7. The predicted octanol–water partition coefficient (Wildman–Crippen LogP) is 2.04. The van der Waals surface area contributed by atoms with Gasteiger partial charge in [-0.1, -0.05) is 6.07 Å². The van der Waals surface area contributed by atoms with Gasteiger partial charge in [0.05, 0.1) is 12.8 Å². The smallest absolute Gasteiger partial charge is 0.160 e. The molecule has 0 aliphatic rings. The molecular formula is C15H21N3O2. The molecular weight excluding hydrogens is 254 g/mol. The summed E-state index contributed by atoms with van der Waals surface area (Å²) in [4.78, 5) is 0. The Morgan fingerprint density at radius 3 is 2.65 bits per heavy atom. The van der Waals surface area contributed by atoms with Crippen molar-refractivity contribution in [1.82, 2.24) is 15.1 Å². The summed E-state index contributed by atoms with van der Waals surface area (Å²) >= 11 is 0. The van der Waals surface area contributed by atoms with Gasteiger partial charge in [-0.25, -0.2) is 0 Å². The van der Waals surface area contributed by atoms with Gasteiger partial charge < -0.3 is 15.2 Å². The fraction of sp³-hybridized carbons (Fsp3) is 0.400. The van der Waals surface area contributed by atoms with Crippen LogP contribution in [0.1, 0.15) is 22.5 Å². The summed E-state index contributed by atoms with van der Waals surface area (Å²) < 4.78 is 7.00. The van der Waals surface area contributed by atoms with E-state index in [-0.39, 0.29) is 5.75 Å². The molecule has 0 saturated carbocycles. The van der Waals surface area contributed by atoms with Crippen molar-refractivity contribution in [1.29, 1.82) is 0 Å². The summed E-state index contributed by atoms with van der Waals surface area (Å²) in [6, 6.07) is 5.37. The Morgan fingerprint density at radius 1 is 1.30 bits per heavy atom. The van der Waals surface area contributed by atoms with E-state index < -0.39 is 0 Å². The van der Waals surface area contributed by atoms with Crippen LogP contribution in [0.4, 0.5) is 0 Å². The first-order valence-electron chi connectivity index (χ1n) is 6.58. The number of phenols is 1. The normalized spacial score (nSPS) is 10.8. The first-order valence-corrected chi connectivity index (χ1v) is 6.58. The van der Waals surface area contributed by atoms with Gasteiger partial charge in [0.1, 0.15) is 0 Å². The molecule has 0 bridgehead atoms. The van der Waals surface area contributed by atoms with Crippen LogP contribution in [-0.4, -0.2) is 22.0 Å². The average Bonchev–Trinajstić information content (AvgIpc) is 2.67. The standard InChI is InChI=1S/C15H21N3O2/c1-10-13(11(2)18(3)17-10)9-16-8-12-5-6-14(19)15(7-12)20-4/h5-7,16,19H,8-9H2,1-4H3. The second kappa shape index (κ2) is 5.96. The number of aromatic hydroxyl groups is 1. The molecule has 0 radical (unpaired) electrons. The molecule has 0 spiro atoms. The van der Waals surface area contributed by atoms with Crippen molar-refractivity contribution in [2.75, 3.05) is 7.11 Å². The molecule has 0 amide bonds. The van der Waals surface area contributed by atoms with Crippen molar-refractivity contribution in [3.8, 4) is 11.5 Å². The van der Waals surface area contributed by atoms with Crippen molar-refractivity contribution >= 4 is 0 Å².